The molecule has 1 heterocycles. The van der Waals surface area contributed by atoms with Gasteiger partial charge in [0.1, 0.15) is 0 Å². The summed E-state index contributed by atoms with van der Waals surface area (Å²) in [5, 5.41) is 12.5. The topological polar surface area (TPSA) is 55.3 Å². The van der Waals surface area contributed by atoms with Gasteiger partial charge in [-0.1, -0.05) is 78.9 Å². The molecule has 0 bridgehead atoms. The van der Waals surface area contributed by atoms with Crippen molar-refractivity contribution in [1.29, 1.82) is 0 Å². The van der Waals surface area contributed by atoms with Crippen molar-refractivity contribution in [3.63, 3.8) is 0 Å². The van der Waals surface area contributed by atoms with E-state index in [9.17, 15) is 0 Å². The normalized spacial score (nSPS) is 14.2. The third kappa shape index (κ3) is 6.57. The van der Waals surface area contributed by atoms with E-state index in [0.29, 0.717) is 5.84 Å². The van der Waals surface area contributed by atoms with Gasteiger partial charge in [0.25, 0.3) is 0 Å². The van der Waals surface area contributed by atoms with Crippen molar-refractivity contribution in [3.8, 4) is 16.8 Å². The predicted octanol–water partition coefficient (Wildman–Crippen LogP) is 11.4. The van der Waals surface area contributed by atoms with Crippen molar-refractivity contribution in [1.82, 2.24) is 8.10 Å². The number of fused-ring (bicyclic) bond motifs is 11. The summed E-state index contributed by atoms with van der Waals surface area (Å²) >= 11 is -0.599. The van der Waals surface area contributed by atoms with Crippen LogP contribution in [-0.2, 0) is 0 Å². The Hall–Kier alpha value is -7.58. The van der Waals surface area contributed by atoms with E-state index in [2.05, 4.69) is 226 Å². The van der Waals surface area contributed by atoms with Gasteiger partial charge in [-0.25, -0.2) is 0 Å². The number of nitrogens with zero attached hydrogens (tertiary/aromatic N) is 2. The summed E-state index contributed by atoms with van der Waals surface area (Å²) < 4.78 is 7.57. The summed E-state index contributed by atoms with van der Waals surface area (Å²) in [7, 11) is 0. The molecule has 4 nitrogen and oxygen atoms in total. The Morgan fingerprint density at radius 1 is 0.470 bits per heavy atom. The average Bonchev–Trinajstić information content (AvgIpc) is 3.87. The van der Waals surface area contributed by atoms with Crippen LogP contribution in [-0.4, -0.2) is 10.4 Å². The number of aromatic nitrogens is 1. The fraction of sp³-hybridized carbons (Fsp3) is 0.0328. The molecule has 1 aromatic heterocycles. The molecule has 314 valence electrons. The number of nitrogens with one attached hydrogen (secondary N) is 1. The fourth-order valence-corrected chi connectivity index (χ4v) is 12.4. The molecule has 12 aromatic rings. The molecule has 3 N–H and O–H groups in total. The van der Waals surface area contributed by atoms with E-state index in [1.165, 1.54) is 96.3 Å². The SMILES string of the molecule is NC(=NC(N[I-]c1ccc2c(ccc3ccccc32)c1)c1ccccc1)c1ccc(-n2c3cc(C4c5ccccc5-c5cc6ccccc6cc54)ccc3c3cc4ccccc4cc32)cc1. The zero-order valence-electron chi connectivity index (χ0n) is 35.9. The third-order valence-electron chi connectivity index (χ3n) is 13.6. The number of hydrogen-bond acceptors (Lipinski definition) is 2. The Balaban J connectivity index is 0.882. The second-order valence-corrected chi connectivity index (χ2v) is 19.8. The molecule has 0 fully saturated rings. The molecular weight excluding hydrogens is 916 g/mol. The first-order valence-electron chi connectivity index (χ1n) is 22.5. The number of nitrogens with two attached hydrogens (primary N) is 1. The second kappa shape index (κ2) is 15.8. The quantitative estimate of drug-likeness (QED) is 0.0524. The first kappa shape index (κ1) is 38.8. The van der Waals surface area contributed by atoms with Crippen LogP contribution in [0.4, 0.5) is 0 Å². The predicted molar refractivity (Wildman–Crippen MR) is 272 cm³/mol. The van der Waals surface area contributed by atoms with E-state index >= 15 is 0 Å². The number of rotatable bonds is 8. The zero-order valence-corrected chi connectivity index (χ0v) is 38.0. The van der Waals surface area contributed by atoms with Crippen LogP contribution in [0, 0.1) is 3.57 Å². The number of aliphatic imine (C=N–C) groups is 1. The van der Waals surface area contributed by atoms with Gasteiger partial charge in [0.05, 0.1) is 0 Å². The van der Waals surface area contributed by atoms with Crippen molar-refractivity contribution in [2.45, 2.75) is 12.1 Å². The average molecular weight is 958 g/mol. The van der Waals surface area contributed by atoms with Crippen LogP contribution >= 0.6 is 0 Å². The minimum absolute atomic E-state index is 0.115. The number of amidine groups is 1. The first-order valence-corrected chi connectivity index (χ1v) is 24.7. The Kier molecular flexibility index (Phi) is 9.32. The Bertz CT molecular complexity index is 3910. The van der Waals surface area contributed by atoms with E-state index in [4.69, 9.17) is 10.7 Å². The summed E-state index contributed by atoms with van der Waals surface area (Å²) in [5.74, 6) is 0.614. The van der Waals surface area contributed by atoms with Gasteiger partial charge in [-0.2, -0.15) is 0 Å². The number of hydrogen-bond donors (Lipinski definition) is 2. The number of halogens is 1. The van der Waals surface area contributed by atoms with Crippen LogP contribution in [0.1, 0.15) is 39.9 Å². The summed E-state index contributed by atoms with van der Waals surface area (Å²) in [6.07, 6.45) is -0.293. The molecule has 0 saturated carbocycles. The van der Waals surface area contributed by atoms with E-state index in [0.717, 1.165) is 16.8 Å². The zero-order chi connectivity index (χ0) is 43.7. The van der Waals surface area contributed by atoms with Crippen LogP contribution in [0.3, 0.4) is 0 Å². The van der Waals surface area contributed by atoms with Crippen LogP contribution in [0.25, 0.3) is 81.7 Å². The van der Waals surface area contributed by atoms with Gasteiger partial charge in [0, 0.05) is 5.92 Å². The second-order valence-electron chi connectivity index (χ2n) is 17.4. The molecule has 0 amide bonds. The third-order valence-corrected chi connectivity index (χ3v) is 15.8. The van der Waals surface area contributed by atoms with Crippen molar-refractivity contribution >= 4 is 70.7 Å². The van der Waals surface area contributed by atoms with Gasteiger partial charge >= 0.3 is 260 Å². The van der Waals surface area contributed by atoms with Gasteiger partial charge < -0.3 is 0 Å². The maximum atomic E-state index is 6.96. The summed E-state index contributed by atoms with van der Waals surface area (Å²) in [5.41, 5.74) is 19.0. The molecule has 66 heavy (non-hydrogen) atoms. The molecule has 0 spiro atoms. The molecule has 2 unspecified atom stereocenters. The van der Waals surface area contributed by atoms with Crippen molar-refractivity contribution < 1.29 is 21.5 Å². The summed E-state index contributed by atoms with van der Waals surface area (Å²) in [4.78, 5) is 5.18. The van der Waals surface area contributed by atoms with Crippen molar-refractivity contribution in [3.05, 3.63) is 256 Å². The molecule has 0 aliphatic heterocycles. The molecule has 11 aromatic carbocycles. The van der Waals surface area contributed by atoms with Crippen LogP contribution in [0.5, 0.6) is 0 Å². The molecule has 2 atom stereocenters. The Morgan fingerprint density at radius 2 is 1.11 bits per heavy atom. The fourth-order valence-electron chi connectivity index (χ4n) is 10.4. The standard InChI is InChI=1S/C61H42IN4/c63-60(64-61(40-13-2-1-3-14-40)65-62-47-27-31-50-45(32-47)23-22-38-12-8-9-19-49(38)50)39-24-28-48(29-25-39)66-57-37-46(26-30-52(57)55-34-42-16-6-7-18-44(42)36-58(55)66)59-53-21-11-10-20-51(53)54-33-41-15-4-5-17-43(41)35-56(54)59/h1-37,59,61,65H,(H2,63,64)/q-1. The van der Waals surface area contributed by atoms with Gasteiger partial charge in [0.2, 0.25) is 0 Å². The number of benzene rings is 11. The molecular formula is C61H42IN4-. The van der Waals surface area contributed by atoms with E-state index in [1.807, 2.05) is 6.07 Å². The molecule has 5 heteroatoms. The Labute approximate surface area is 393 Å². The van der Waals surface area contributed by atoms with Gasteiger partial charge in [-0.3, -0.25) is 0 Å². The first-order chi connectivity index (χ1) is 32.6. The van der Waals surface area contributed by atoms with E-state index in [-0.39, 0.29) is 12.1 Å². The van der Waals surface area contributed by atoms with E-state index < -0.39 is 21.5 Å². The molecule has 0 saturated heterocycles. The molecule has 13 rings (SSSR count). The summed E-state index contributed by atoms with van der Waals surface area (Å²) in [6, 6.07) is 81.9. The molecule has 1 aliphatic carbocycles. The van der Waals surface area contributed by atoms with Crippen LogP contribution in [0.2, 0.25) is 0 Å². The van der Waals surface area contributed by atoms with Crippen molar-refractivity contribution in [2.75, 3.05) is 0 Å². The monoisotopic (exact) mass is 957 g/mol. The molecule has 0 radical (unpaired) electrons. The molecule has 1 aliphatic rings. The van der Waals surface area contributed by atoms with E-state index in [1.54, 1.807) is 0 Å². The van der Waals surface area contributed by atoms with Crippen LogP contribution < -0.4 is 30.7 Å². The Morgan fingerprint density at radius 3 is 1.92 bits per heavy atom. The summed E-state index contributed by atoms with van der Waals surface area (Å²) in [6.45, 7) is 0. The maximum absolute atomic E-state index is 6.96. The van der Waals surface area contributed by atoms with Gasteiger partial charge in [-0.05, 0) is 50.5 Å². The van der Waals surface area contributed by atoms with Crippen LogP contribution in [0.15, 0.2) is 229 Å². The van der Waals surface area contributed by atoms with Gasteiger partial charge in [-0.15, -0.1) is 0 Å². The van der Waals surface area contributed by atoms with Gasteiger partial charge in [0.15, 0.2) is 0 Å². The minimum atomic E-state index is -0.599. The van der Waals surface area contributed by atoms with Crippen molar-refractivity contribution in [2.24, 2.45) is 10.7 Å².